The van der Waals surface area contributed by atoms with Crippen molar-refractivity contribution in [3.63, 3.8) is 0 Å². The molecule has 34 heavy (non-hydrogen) atoms. The van der Waals surface area contributed by atoms with Crippen LogP contribution in [0.4, 0.5) is 5.69 Å². The first kappa shape index (κ1) is 25.0. The molecule has 1 amide bonds. The van der Waals surface area contributed by atoms with Gasteiger partial charge in [-0.3, -0.25) is 14.5 Å². The molecule has 0 aromatic heterocycles. The van der Waals surface area contributed by atoms with Crippen LogP contribution >= 0.6 is 12.2 Å². The van der Waals surface area contributed by atoms with Crippen molar-refractivity contribution in [3.8, 4) is 17.2 Å². The fourth-order valence-corrected chi connectivity index (χ4v) is 3.78. The van der Waals surface area contributed by atoms with Gasteiger partial charge in [0.1, 0.15) is 29.5 Å². The Bertz CT molecular complexity index is 1080. The number of anilines is 1. The van der Waals surface area contributed by atoms with Crippen LogP contribution < -0.4 is 19.1 Å². The Morgan fingerprint density at radius 2 is 1.56 bits per heavy atom. The van der Waals surface area contributed by atoms with Crippen LogP contribution in [0.15, 0.2) is 48.2 Å². The average molecular weight is 485 g/mol. The number of benzene rings is 2. The summed E-state index contributed by atoms with van der Waals surface area (Å²) in [6.07, 6.45) is 1.66. The molecule has 1 fully saturated rings. The maximum absolute atomic E-state index is 13.5. The van der Waals surface area contributed by atoms with Crippen LogP contribution in [-0.2, 0) is 14.3 Å². The van der Waals surface area contributed by atoms with E-state index in [2.05, 4.69) is 0 Å². The van der Waals surface area contributed by atoms with E-state index in [1.807, 2.05) is 20.8 Å². The minimum atomic E-state index is -0.522. The molecule has 2 aromatic carbocycles. The topological polar surface area (TPSA) is 77.5 Å². The molecule has 1 aliphatic rings. The summed E-state index contributed by atoms with van der Waals surface area (Å²) in [6.45, 7) is 6.94. The molecule has 0 radical (unpaired) electrons. The lowest BCUT2D eigenvalue weighted by atomic mass is 10.1. The maximum atomic E-state index is 13.5. The molecule has 0 bridgehead atoms. The van der Waals surface area contributed by atoms with E-state index in [4.69, 9.17) is 31.2 Å². The van der Waals surface area contributed by atoms with Gasteiger partial charge in [-0.1, -0.05) is 0 Å². The van der Waals surface area contributed by atoms with Gasteiger partial charge >= 0.3 is 5.97 Å². The van der Waals surface area contributed by atoms with Crippen molar-refractivity contribution in [1.29, 1.82) is 0 Å². The molecule has 0 N–H and O–H groups in total. The highest BCUT2D eigenvalue weighted by Crippen LogP contribution is 2.33. The second-order valence-electron chi connectivity index (χ2n) is 7.11. The molecule has 2 aromatic rings. The Labute approximate surface area is 204 Å². The monoisotopic (exact) mass is 484 g/mol. The zero-order chi connectivity index (χ0) is 24.7. The minimum Gasteiger partial charge on any atom is -0.494 e. The molecule has 8 nitrogen and oxygen atoms in total. The number of carbonyl (C=O) groups is 2. The number of ether oxygens (including phenoxy) is 4. The lowest BCUT2D eigenvalue weighted by molar-refractivity contribution is -0.140. The largest absolute Gasteiger partial charge is 0.494 e. The number of carbonyl (C=O) groups excluding carboxylic acids is 2. The van der Waals surface area contributed by atoms with E-state index in [9.17, 15) is 9.59 Å². The summed E-state index contributed by atoms with van der Waals surface area (Å²) in [7, 11) is 1.29. The predicted octanol–water partition coefficient (Wildman–Crippen LogP) is 4.03. The van der Waals surface area contributed by atoms with Crippen LogP contribution in [0.1, 0.15) is 26.3 Å². The van der Waals surface area contributed by atoms with Gasteiger partial charge in [0.2, 0.25) is 0 Å². The van der Waals surface area contributed by atoms with Gasteiger partial charge in [0.25, 0.3) is 5.91 Å². The fraction of sp³-hybridized carbons (Fsp3) is 0.320. The number of thiocarbonyl (C=S) groups is 1. The van der Waals surface area contributed by atoms with Gasteiger partial charge in [0.05, 0.1) is 32.6 Å². The van der Waals surface area contributed by atoms with Crippen molar-refractivity contribution in [1.82, 2.24) is 4.90 Å². The fourth-order valence-electron chi connectivity index (χ4n) is 3.43. The summed E-state index contributed by atoms with van der Waals surface area (Å²) < 4.78 is 21.7. The SMILES string of the molecule is CCOc1ccc(N2C(=O)C(=Cc3ccc(OCC)cc3OCC)N(CC(=O)OC)C2=S)cc1. The van der Waals surface area contributed by atoms with Gasteiger partial charge in [-0.2, -0.15) is 0 Å². The molecule has 1 aliphatic heterocycles. The summed E-state index contributed by atoms with van der Waals surface area (Å²) in [5, 5.41) is 0.176. The van der Waals surface area contributed by atoms with Gasteiger partial charge in [-0.05, 0) is 75.5 Å². The van der Waals surface area contributed by atoms with E-state index in [1.54, 1.807) is 48.5 Å². The number of rotatable bonds is 10. The van der Waals surface area contributed by atoms with Crippen molar-refractivity contribution >= 4 is 41.0 Å². The van der Waals surface area contributed by atoms with E-state index >= 15 is 0 Å². The van der Waals surface area contributed by atoms with E-state index in [0.717, 1.165) is 0 Å². The van der Waals surface area contributed by atoms with Crippen molar-refractivity contribution in [2.24, 2.45) is 0 Å². The average Bonchev–Trinajstić information content (AvgIpc) is 3.05. The van der Waals surface area contributed by atoms with Crippen LogP contribution in [0.3, 0.4) is 0 Å². The Morgan fingerprint density at radius 1 is 0.941 bits per heavy atom. The molecule has 3 rings (SSSR count). The first-order valence-corrected chi connectivity index (χ1v) is 11.4. The van der Waals surface area contributed by atoms with Crippen LogP contribution in [0.2, 0.25) is 0 Å². The van der Waals surface area contributed by atoms with Gasteiger partial charge < -0.3 is 23.8 Å². The Kier molecular flexibility index (Phi) is 8.48. The lowest BCUT2D eigenvalue weighted by Crippen LogP contribution is -2.35. The lowest BCUT2D eigenvalue weighted by Gasteiger charge is -2.19. The molecule has 0 atom stereocenters. The van der Waals surface area contributed by atoms with E-state index < -0.39 is 5.97 Å². The first-order valence-electron chi connectivity index (χ1n) is 11.0. The second-order valence-corrected chi connectivity index (χ2v) is 7.47. The van der Waals surface area contributed by atoms with Crippen LogP contribution in [0.5, 0.6) is 17.2 Å². The Morgan fingerprint density at radius 3 is 2.18 bits per heavy atom. The molecule has 0 saturated carbocycles. The van der Waals surface area contributed by atoms with Gasteiger partial charge in [0, 0.05) is 11.6 Å². The summed E-state index contributed by atoms with van der Waals surface area (Å²) in [5.74, 6) is 1.00. The molecule has 0 aliphatic carbocycles. The summed E-state index contributed by atoms with van der Waals surface area (Å²) in [5.41, 5.74) is 1.45. The zero-order valence-corrected chi connectivity index (χ0v) is 20.5. The third-order valence-corrected chi connectivity index (χ3v) is 5.35. The number of amides is 1. The smallest absolute Gasteiger partial charge is 0.325 e. The summed E-state index contributed by atoms with van der Waals surface area (Å²) in [6, 6.07) is 12.4. The van der Waals surface area contributed by atoms with Gasteiger partial charge in [0.15, 0.2) is 5.11 Å². The number of methoxy groups -OCH3 is 1. The second kappa shape index (κ2) is 11.5. The third kappa shape index (κ3) is 5.48. The number of esters is 1. The number of hydrogen-bond donors (Lipinski definition) is 0. The van der Waals surface area contributed by atoms with E-state index in [1.165, 1.54) is 16.9 Å². The third-order valence-electron chi connectivity index (χ3n) is 4.94. The van der Waals surface area contributed by atoms with Crippen molar-refractivity contribution in [3.05, 3.63) is 53.7 Å². The molecule has 180 valence electrons. The van der Waals surface area contributed by atoms with E-state index in [-0.39, 0.29) is 23.3 Å². The normalized spacial score (nSPS) is 14.5. The molecule has 0 spiro atoms. The van der Waals surface area contributed by atoms with Crippen molar-refractivity contribution in [2.75, 3.05) is 38.4 Å². The van der Waals surface area contributed by atoms with Gasteiger partial charge in [-0.25, -0.2) is 0 Å². The number of hydrogen-bond acceptors (Lipinski definition) is 7. The molecular weight excluding hydrogens is 456 g/mol. The molecular formula is C25H28N2O6S. The van der Waals surface area contributed by atoms with Crippen LogP contribution in [0, 0.1) is 0 Å². The highest BCUT2D eigenvalue weighted by atomic mass is 32.1. The highest BCUT2D eigenvalue weighted by molar-refractivity contribution is 7.80. The highest BCUT2D eigenvalue weighted by Gasteiger charge is 2.40. The Hall–Kier alpha value is -3.59. The standard InChI is InChI=1S/C25H28N2O6S/c1-5-31-19-12-9-18(10-13-19)27-24(29)21(26(25(27)34)16-23(28)30-4)14-17-8-11-20(32-6-2)15-22(17)33-7-3/h8-15H,5-7,16H2,1-4H3. The predicted molar refractivity (Wildman–Crippen MR) is 133 cm³/mol. The number of nitrogens with zero attached hydrogens (tertiary/aromatic N) is 2. The first-order chi connectivity index (χ1) is 16.4. The van der Waals surface area contributed by atoms with Crippen molar-refractivity contribution < 1.29 is 28.5 Å². The Balaban J connectivity index is 2.04. The molecule has 0 unspecified atom stereocenters. The molecule has 1 heterocycles. The van der Waals surface area contributed by atoms with Crippen LogP contribution in [0.25, 0.3) is 6.08 Å². The summed E-state index contributed by atoms with van der Waals surface area (Å²) in [4.78, 5) is 28.5. The van der Waals surface area contributed by atoms with Crippen molar-refractivity contribution in [2.45, 2.75) is 20.8 Å². The molecule has 9 heteroatoms. The minimum absolute atomic E-state index is 0.176. The molecule has 1 saturated heterocycles. The summed E-state index contributed by atoms with van der Waals surface area (Å²) >= 11 is 5.60. The quantitative estimate of drug-likeness (QED) is 0.284. The van der Waals surface area contributed by atoms with Gasteiger partial charge in [-0.15, -0.1) is 0 Å². The van der Waals surface area contributed by atoms with E-state index in [0.29, 0.717) is 48.3 Å². The maximum Gasteiger partial charge on any atom is 0.325 e. The van der Waals surface area contributed by atoms with Crippen LogP contribution in [-0.4, -0.2) is 55.4 Å². The zero-order valence-electron chi connectivity index (χ0n) is 19.7.